The van der Waals surface area contributed by atoms with Gasteiger partial charge in [0, 0.05) is 36.8 Å². The van der Waals surface area contributed by atoms with Gasteiger partial charge in [-0.1, -0.05) is 12.1 Å². The molecule has 0 bridgehead atoms. The van der Waals surface area contributed by atoms with Gasteiger partial charge in [0.1, 0.15) is 5.82 Å². The molecule has 0 radical (unpaired) electrons. The Morgan fingerprint density at radius 2 is 1.60 bits per heavy atom. The van der Waals surface area contributed by atoms with Crippen molar-refractivity contribution in [3.05, 3.63) is 101 Å². The lowest BCUT2D eigenvalue weighted by atomic mass is 9.84. The molecule has 0 aliphatic carbocycles. The molecule has 1 aromatic heterocycles. The molecule has 2 aromatic carbocycles. The fourth-order valence-electron chi connectivity index (χ4n) is 5.59. The molecule has 5 nitrogen and oxygen atoms in total. The average Bonchev–Trinajstić information content (AvgIpc) is 3.30. The van der Waals surface area contributed by atoms with Crippen LogP contribution in [0.15, 0.2) is 66.9 Å². The van der Waals surface area contributed by atoms with Gasteiger partial charge in [-0.05, 0) is 72.0 Å². The number of nitrogens with zero attached hydrogens (tertiary/aromatic N) is 2. The van der Waals surface area contributed by atoms with Crippen LogP contribution < -0.4 is 4.74 Å². The third kappa shape index (κ3) is 5.99. The first-order valence-electron chi connectivity index (χ1n) is 13.0. The fourth-order valence-corrected chi connectivity index (χ4v) is 5.59. The molecule has 222 valence electrons. The molecule has 0 spiro atoms. The number of benzene rings is 2. The number of rotatable bonds is 6. The van der Waals surface area contributed by atoms with Crippen LogP contribution in [0.25, 0.3) is 5.57 Å². The number of carbonyl (C=O) groups excluding carboxylic acids is 1. The Balaban J connectivity index is 1.48. The van der Waals surface area contributed by atoms with Crippen LogP contribution in [0.1, 0.15) is 53.2 Å². The summed E-state index contributed by atoms with van der Waals surface area (Å²) < 4.78 is 106. The predicted octanol–water partition coefficient (Wildman–Crippen LogP) is 7.20. The Morgan fingerprint density at radius 3 is 2.14 bits per heavy atom. The summed E-state index contributed by atoms with van der Waals surface area (Å²) in [6, 6.07) is 9.82. The summed E-state index contributed by atoms with van der Waals surface area (Å²) in [6.07, 6.45) is -8.64. The van der Waals surface area contributed by atoms with Gasteiger partial charge in [-0.2, -0.15) is 26.3 Å². The van der Waals surface area contributed by atoms with Gasteiger partial charge in [0.25, 0.3) is 0 Å². The zero-order valence-corrected chi connectivity index (χ0v) is 22.3. The molecule has 1 fully saturated rings. The number of aromatic nitrogens is 1. The lowest BCUT2D eigenvalue weighted by molar-refractivity contribution is -0.143. The highest BCUT2D eigenvalue weighted by Gasteiger charge is 2.48. The first-order chi connectivity index (χ1) is 19.7. The molecule has 42 heavy (non-hydrogen) atoms. The van der Waals surface area contributed by atoms with E-state index in [9.17, 15) is 35.5 Å². The molecule has 1 amide bonds. The van der Waals surface area contributed by atoms with Gasteiger partial charge in [-0.15, -0.1) is 0 Å². The topological polar surface area (TPSA) is 51.7 Å². The van der Waals surface area contributed by atoms with Crippen LogP contribution in [0.2, 0.25) is 0 Å². The molecule has 0 N–H and O–H groups in total. The molecule has 2 unspecified atom stereocenters. The van der Waals surface area contributed by atoms with Gasteiger partial charge in [-0.25, -0.2) is 9.37 Å². The first kappa shape index (κ1) is 29.6. The van der Waals surface area contributed by atoms with E-state index < -0.39 is 53.5 Å². The monoisotopic (exact) mass is 594 g/mol. The Morgan fingerprint density at radius 1 is 0.952 bits per heavy atom. The maximum Gasteiger partial charge on any atom is 0.416 e. The molecular weight excluding hydrogens is 569 g/mol. The molecule has 4 atom stereocenters. The molecule has 5 rings (SSSR count). The molecule has 12 heteroatoms. The summed E-state index contributed by atoms with van der Waals surface area (Å²) in [7, 11) is 1.47. The zero-order valence-electron chi connectivity index (χ0n) is 22.3. The molecule has 0 saturated carbocycles. The number of alkyl halides is 6. The van der Waals surface area contributed by atoms with E-state index in [4.69, 9.17) is 9.47 Å². The van der Waals surface area contributed by atoms with E-state index in [1.54, 1.807) is 23.2 Å². The molecule has 3 aromatic rings. The Hall–Kier alpha value is -3.93. The highest BCUT2D eigenvalue weighted by atomic mass is 19.4. The van der Waals surface area contributed by atoms with Crippen molar-refractivity contribution >= 4 is 11.5 Å². The fraction of sp³-hybridized carbons (Fsp3) is 0.333. The molecular formula is C30H25F7N2O3. The van der Waals surface area contributed by atoms with Crippen molar-refractivity contribution in [3.8, 4) is 5.88 Å². The van der Waals surface area contributed by atoms with E-state index in [0.29, 0.717) is 41.1 Å². The summed E-state index contributed by atoms with van der Waals surface area (Å²) in [5, 5.41) is 0. The maximum atomic E-state index is 13.8. The SMILES string of the molecule is COc1ccc(C2=CC(=O)N3CC(O[C@H](C)c4cc(C(F)(F)F)cc(C(F)(F)F)c4)[C@@H](c4ccc(F)cc4)C3C2)cn1. The van der Waals surface area contributed by atoms with Gasteiger partial charge in [0.05, 0.1) is 30.4 Å². The van der Waals surface area contributed by atoms with E-state index in [2.05, 4.69) is 4.98 Å². The summed E-state index contributed by atoms with van der Waals surface area (Å²) in [4.78, 5) is 19.0. The number of pyridine rings is 1. The van der Waals surface area contributed by atoms with E-state index >= 15 is 0 Å². The Bertz CT molecular complexity index is 1450. The molecule has 3 heterocycles. The third-order valence-electron chi connectivity index (χ3n) is 7.63. The number of carbonyl (C=O) groups is 1. The van der Waals surface area contributed by atoms with Crippen LogP contribution in [0, 0.1) is 5.82 Å². The smallest absolute Gasteiger partial charge is 0.416 e. The van der Waals surface area contributed by atoms with Crippen molar-refractivity contribution in [2.24, 2.45) is 0 Å². The van der Waals surface area contributed by atoms with Gasteiger partial charge >= 0.3 is 12.4 Å². The van der Waals surface area contributed by atoms with Crippen LogP contribution >= 0.6 is 0 Å². The average molecular weight is 595 g/mol. The third-order valence-corrected chi connectivity index (χ3v) is 7.63. The van der Waals surface area contributed by atoms with Crippen molar-refractivity contribution in [2.45, 2.75) is 49.9 Å². The zero-order chi connectivity index (χ0) is 30.4. The van der Waals surface area contributed by atoms with Crippen molar-refractivity contribution in [2.75, 3.05) is 13.7 Å². The summed E-state index contributed by atoms with van der Waals surface area (Å²) in [5.41, 5.74) is -1.22. The maximum absolute atomic E-state index is 13.8. The number of halogens is 7. The van der Waals surface area contributed by atoms with E-state index in [-0.39, 0.29) is 24.1 Å². The van der Waals surface area contributed by atoms with Crippen LogP contribution in [0.4, 0.5) is 30.7 Å². The number of hydrogen-bond acceptors (Lipinski definition) is 4. The van der Waals surface area contributed by atoms with E-state index in [1.807, 2.05) is 0 Å². The van der Waals surface area contributed by atoms with Crippen molar-refractivity contribution in [1.82, 2.24) is 9.88 Å². The molecule has 2 aliphatic rings. The quantitative estimate of drug-likeness (QED) is 0.284. The second-order valence-electron chi connectivity index (χ2n) is 10.3. The number of ether oxygens (including phenoxy) is 2. The number of hydrogen-bond donors (Lipinski definition) is 0. The normalized spacial score (nSPS) is 21.6. The standard InChI is InChI=1S/C30H25F7N2O3/c1-16(19-9-21(29(32,33)34)13-22(10-19)30(35,36)37)42-25-15-39-24(28(25)17-3-6-23(31)7-4-17)11-20(12-27(39)40)18-5-8-26(41-2)38-14-18/h3-10,12-14,16,24-25,28H,11,15H2,1-2H3/t16-,24?,25?,28+/m1/s1. The van der Waals surface area contributed by atoms with Gasteiger partial charge < -0.3 is 14.4 Å². The highest BCUT2D eigenvalue weighted by Crippen LogP contribution is 2.45. The second-order valence-corrected chi connectivity index (χ2v) is 10.3. The van der Waals surface area contributed by atoms with E-state index in [0.717, 1.165) is 0 Å². The van der Waals surface area contributed by atoms with Gasteiger partial charge in [-0.3, -0.25) is 4.79 Å². The Labute approximate surface area is 236 Å². The summed E-state index contributed by atoms with van der Waals surface area (Å²) in [5.74, 6) is -0.993. The molecule has 1 saturated heterocycles. The Kier molecular flexibility index (Phi) is 7.78. The first-order valence-corrected chi connectivity index (χ1v) is 13.0. The van der Waals surface area contributed by atoms with Crippen molar-refractivity contribution < 1.29 is 45.0 Å². The van der Waals surface area contributed by atoms with Crippen molar-refractivity contribution in [1.29, 1.82) is 0 Å². The molecule has 2 aliphatic heterocycles. The number of amides is 1. The predicted molar refractivity (Wildman–Crippen MR) is 138 cm³/mol. The van der Waals surface area contributed by atoms with Crippen LogP contribution in [-0.2, 0) is 21.9 Å². The lowest BCUT2D eigenvalue weighted by Crippen LogP contribution is -2.39. The van der Waals surface area contributed by atoms with Crippen LogP contribution in [0.3, 0.4) is 0 Å². The van der Waals surface area contributed by atoms with Crippen LogP contribution in [0.5, 0.6) is 5.88 Å². The van der Waals surface area contributed by atoms with Gasteiger partial charge in [0.2, 0.25) is 11.8 Å². The summed E-state index contributed by atoms with van der Waals surface area (Å²) in [6.45, 7) is 1.40. The lowest BCUT2D eigenvalue weighted by Gasteiger charge is -2.32. The largest absolute Gasteiger partial charge is 0.481 e. The minimum absolute atomic E-state index is 0.0333. The van der Waals surface area contributed by atoms with E-state index in [1.165, 1.54) is 44.4 Å². The van der Waals surface area contributed by atoms with Crippen LogP contribution in [-0.4, -0.2) is 41.6 Å². The van der Waals surface area contributed by atoms with Crippen molar-refractivity contribution in [3.63, 3.8) is 0 Å². The minimum atomic E-state index is -5.01. The second kappa shape index (κ2) is 11.0. The number of fused-ring (bicyclic) bond motifs is 1. The highest BCUT2D eigenvalue weighted by molar-refractivity contribution is 5.97. The summed E-state index contributed by atoms with van der Waals surface area (Å²) >= 11 is 0. The number of methoxy groups -OCH3 is 1. The minimum Gasteiger partial charge on any atom is -0.481 e. The van der Waals surface area contributed by atoms with Gasteiger partial charge in [0.15, 0.2) is 0 Å².